The number of aromatic nitrogens is 1. The van der Waals surface area contributed by atoms with Crippen molar-refractivity contribution in [2.45, 2.75) is 32.9 Å². The second-order valence-corrected chi connectivity index (χ2v) is 6.41. The van der Waals surface area contributed by atoms with Crippen molar-refractivity contribution >= 4 is 33.0 Å². The number of halogens is 1. The van der Waals surface area contributed by atoms with E-state index in [4.69, 9.17) is 4.74 Å². The van der Waals surface area contributed by atoms with Gasteiger partial charge in [0.25, 0.3) is 0 Å². The van der Waals surface area contributed by atoms with Crippen LogP contribution in [0, 0.1) is 0 Å². The Bertz CT molecular complexity index is 542. The van der Waals surface area contributed by atoms with Gasteiger partial charge in [-0.25, -0.2) is 4.98 Å². The molecule has 2 heterocycles. The van der Waals surface area contributed by atoms with Crippen LogP contribution in [0.15, 0.2) is 34.2 Å². The van der Waals surface area contributed by atoms with Crippen molar-refractivity contribution < 1.29 is 4.74 Å². The number of rotatable bonds is 5. The summed E-state index contributed by atoms with van der Waals surface area (Å²) in [6.07, 6.45) is 1.86. The van der Waals surface area contributed by atoms with Crippen LogP contribution in [0.1, 0.15) is 31.7 Å². The lowest BCUT2D eigenvalue weighted by Crippen LogP contribution is -2.11. The summed E-state index contributed by atoms with van der Waals surface area (Å²) < 4.78 is 6.82. The maximum absolute atomic E-state index is 5.71. The summed E-state index contributed by atoms with van der Waals surface area (Å²) in [4.78, 5) is 5.55. The summed E-state index contributed by atoms with van der Waals surface area (Å²) >= 11 is 5.20. The highest BCUT2D eigenvalue weighted by atomic mass is 79.9. The minimum absolute atomic E-state index is 0.113. The molecular formula is C14H17BrN2OS. The molecule has 0 bridgehead atoms. The summed E-state index contributed by atoms with van der Waals surface area (Å²) in [5.74, 6) is 0.653. The zero-order valence-electron chi connectivity index (χ0n) is 11.2. The van der Waals surface area contributed by atoms with E-state index < -0.39 is 0 Å². The van der Waals surface area contributed by atoms with Gasteiger partial charge in [-0.3, -0.25) is 0 Å². The number of nitrogens with zero attached hydrogens (tertiary/aromatic N) is 1. The van der Waals surface area contributed by atoms with Gasteiger partial charge in [0.15, 0.2) is 0 Å². The number of hydrogen-bond donors (Lipinski definition) is 1. The molecule has 102 valence electrons. The van der Waals surface area contributed by atoms with E-state index in [0.717, 1.165) is 10.2 Å². The van der Waals surface area contributed by atoms with Crippen LogP contribution < -0.4 is 10.1 Å². The smallest absolute Gasteiger partial charge is 0.237 e. The van der Waals surface area contributed by atoms with Gasteiger partial charge >= 0.3 is 0 Å². The van der Waals surface area contributed by atoms with Gasteiger partial charge in [0.05, 0.1) is 17.8 Å². The van der Waals surface area contributed by atoms with Gasteiger partial charge < -0.3 is 10.1 Å². The van der Waals surface area contributed by atoms with E-state index in [1.165, 1.54) is 4.88 Å². The first-order valence-corrected chi connectivity index (χ1v) is 7.85. The van der Waals surface area contributed by atoms with Crippen LogP contribution in [0.2, 0.25) is 0 Å². The van der Waals surface area contributed by atoms with Crippen molar-refractivity contribution in [3.8, 4) is 5.88 Å². The molecule has 2 aromatic heterocycles. The van der Waals surface area contributed by atoms with Crippen molar-refractivity contribution in [3.63, 3.8) is 0 Å². The van der Waals surface area contributed by atoms with Gasteiger partial charge in [0.2, 0.25) is 5.88 Å². The first kappa shape index (κ1) is 14.3. The molecule has 0 spiro atoms. The molecule has 0 aliphatic rings. The second kappa shape index (κ2) is 6.39. The first-order valence-electron chi connectivity index (χ1n) is 6.18. The molecule has 0 saturated carbocycles. The Hall–Kier alpha value is -1.07. The molecule has 1 N–H and O–H groups in total. The van der Waals surface area contributed by atoms with Crippen LogP contribution in [0.4, 0.5) is 5.69 Å². The van der Waals surface area contributed by atoms with Crippen LogP contribution in [-0.4, -0.2) is 11.1 Å². The summed E-state index contributed by atoms with van der Waals surface area (Å²) in [6.45, 7) is 6.13. The Kier molecular flexibility index (Phi) is 4.82. The normalized spacial score (nSPS) is 12.5. The molecule has 0 aliphatic heterocycles. The number of thiophene rings is 1. The van der Waals surface area contributed by atoms with Crippen molar-refractivity contribution in [1.29, 1.82) is 0 Å². The molecule has 5 heteroatoms. The minimum atomic E-state index is 0.113. The summed E-state index contributed by atoms with van der Waals surface area (Å²) in [5, 5.41) is 5.53. The molecule has 0 aromatic carbocycles. The number of hydrogen-bond acceptors (Lipinski definition) is 4. The zero-order chi connectivity index (χ0) is 13.8. The van der Waals surface area contributed by atoms with Gasteiger partial charge in [-0.15, -0.1) is 11.3 Å². The van der Waals surface area contributed by atoms with Crippen molar-refractivity contribution in [2.75, 3.05) is 5.32 Å². The molecule has 0 saturated heterocycles. The predicted molar refractivity (Wildman–Crippen MR) is 84.1 cm³/mol. The Morgan fingerprint density at radius 3 is 2.79 bits per heavy atom. The average Bonchev–Trinajstić information content (AvgIpc) is 2.78. The highest BCUT2D eigenvalue weighted by Gasteiger charge is 2.12. The molecule has 3 nitrogen and oxygen atoms in total. The van der Waals surface area contributed by atoms with Crippen LogP contribution in [0.5, 0.6) is 5.88 Å². The number of pyridine rings is 1. The summed E-state index contributed by atoms with van der Waals surface area (Å²) in [5.41, 5.74) is 0.924. The van der Waals surface area contributed by atoms with E-state index in [-0.39, 0.29) is 12.1 Å². The van der Waals surface area contributed by atoms with Crippen molar-refractivity contribution in [2.24, 2.45) is 0 Å². The maximum Gasteiger partial charge on any atom is 0.237 e. The van der Waals surface area contributed by atoms with E-state index in [1.54, 1.807) is 17.5 Å². The lowest BCUT2D eigenvalue weighted by molar-refractivity contribution is 0.234. The predicted octanol–water partition coefficient (Wildman–Crippen LogP) is 4.87. The number of anilines is 1. The van der Waals surface area contributed by atoms with Gasteiger partial charge in [-0.1, -0.05) is 0 Å². The van der Waals surface area contributed by atoms with E-state index in [1.807, 2.05) is 26.0 Å². The average molecular weight is 341 g/mol. The third kappa shape index (κ3) is 3.94. The van der Waals surface area contributed by atoms with Crippen LogP contribution in [0.25, 0.3) is 0 Å². The molecule has 0 aliphatic carbocycles. The minimum Gasteiger partial charge on any atom is -0.473 e. The van der Waals surface area contributed by atoms with Gasteiger partial charge in [-0.2, -0.15) is 0 Å². The zero-order valence-corrected chi connectivity index (χ0v) is 13.6. The maximum atomic E-state index is 5.71. The molecular weight excluding hydrogens is 324 g/mol. The fraction of sp³-hybridized carbons (Fsp3) is 0.357. The van der Waals surface area contributed by atoms with E-state index in [2.05, 4.69) is 44.6 Å². The molecule has 0 amide bonds. The van der Waals surface area contributed by atoms with Gasteiger partial charge in [0, 0.05) is 20.9 Å². The summed E-state index contributed by atoms with van der Waals surface area (Å²) in [6, 6.07) is 6.24. The number of nitrogens with one attached hydrogen (secondary N) is 1. The van der Waals surface area contributed by atoms with Gasteiger partial charge in [-0.05, 0) is 54.9 Å². The molecule has 19 heavy (non-hydrogen) atoms. The Morgan fingerprint density at radius 1 is 1.37 bits per heavy atom. The van der Waals surface area contributed by atoms with Crippen LogP contribution in [0.3, 0.4) is 0 Å². The Labute approximate surface area is 126 Å². The fourth-order valence-electron chi connectivity index (χ4n) is 1.68. The van der Waals surface area contributed by atoms with E-state index >= 15 is 0 Å². The van der Waals surface area contributed by atoms with Crippen LogP contribution >= 0.6 is 27.3 Å². The SMILES string of the molecule is CC(C)Oc1ncccc1NC(C)c1cc(Br)cs1. The molecule has 1 atom stereocenters. The molecule has 1 unspecified atom stereocenters. The van der Waals surface area contributed by atoms with Crippen molar-refractivity contribution in [1.82, 2.24) is 4.98 Å². The monoisotopic (exact) mass is 340 g/mol. The van der Waals surface area contributed by atoms with Crippen molar-refractivity contribution in [3.05, 3.63) is 39.1 Å². The highest BCUT2D eigenvalue weighted by molar-refractivity contribution is 9.10. The molecule has 0 radical (unpaired) electrons. The van der Waals surface area contributed by atoms with E-state index in [9.17, 15) is 0 Å². The largest absolute Gasteiger partial charge is 0.473 e. The lowest BCUT2D eigenvalue weighted by atomic mass is 10.2. The quantitative estimate of drug-likeness (QED) is 0.843. The van der Waals surface area contributed by atoms with Crippen LogP contribution in [-0.2, 0) is 0 Å². The third-order valence-electron chi connectivity index (χ3n) is 2.51. The lowest BCUT2D eigenvalue weighted by Gasteiger charge is -2.17. The van der Waals surface area contributed by atoms with E-state index in [0.29, 0.717) is 5.88 Å². The summed E-state index contributed by atoms with van der Waals surface area (Å²) in [7, 11) is 0. The molecule has 0 fully saturated rings. The molecule has 2 aromatic rings. The Balaban J connectivity index is 2.14. The Morgan fingerprint density at radius 2 is 2.16 bits per heavy atom. The second-order valence-electron chi connectivity index (χ2n) is 4.56. The number of ether oxygens (including phenoxy) is 1. The first-order chi connectivity index (χ1) is 9.06. The topological polar surface area (TPSA) is 34.1 Å². The van der Waals surface area contributed by atoms with Gasteiger partial charge in [0.1, 0.15) is 0 Å². The standard InChI is InChI=1S/C14H17BrN2OS/c1-9(2)18-14-12(5-4-6-16-14)17-10(3)13-7-11(15)8-19-13/h4-10,17H,1-3H3. The fourth-order valence-corrected chi connectivity index (χ4v) is 3.13. The third-order valence-corrected chi connectivity index (χ3v) is 4.38. The molecule has 2 rings (SSSR count). The highest BCUT2D eigenvalue weighted by Crippen LogP contribution is 2.30.